The number of amides is 1. The van der Waals surface area contributed by atoms with Crippen LogP contribution in [-0.2, 0) is 11.3 Å². The number of nitrogens with zero attached hydrogens (tertiary/aromatic N) is 2. The van der Waals surface area contributed by atoms with Gasteiger partial charge in [-0.25, -0.2) is 4.79 Å². The van der Waals surface area contributed by atoms with Gasteiger partial charge in [0.05, 0.1) is 0 Å². The Balaban J connectivity index is 2.66. The molecule has 2 rings (SSSR count). The molecule has 2 aromatic rings. The highest BCUT2D eigenvalue weighted by Crippen LogP contribution is 2.05. The summed E-state index contributed by atoms with van der Waals surface area (Å²) in [5.41, 5.74) is -0.489. The van der Waals surface area contributed by atoms with Crippen molar-refractivity contribution in [2.75, 3.05) is 5.32 Å². The zero-order valence-corrected chi connectivity index (χ0v) is 10.0. The quantitative estimate of drug-likeness (QED) is 0.700. The van der Waals surface area contributed by atoms with Gasteiger partial charge in [0.15, 0.2) is 11.2 Å². The minimum absolute atomic E-state index is 0.0184. The van der Waals surface area contributed by atoms with Gasteiger partial charge in [-0.3, -0.25) is 29.4 Å². The van der Waals surface area contributed by atoms with Crippen molar-refractivity contribution in [3.63, 3.8) is 0 Å². The van der Waals surface area contributed by atoms with E-state index < -0.39 is 5.56 Å². The molecule has 0 saturated carbocycles. The summed E-state index contributed by atoms with van der Waals surface area (Å²) >= 11 is 0. The van der Waals surface area contributed by atoms with Crippen LogP contribution in [0, 0.1) is 0 Å². The Bertz CT molecular complexity index is 708. The lowest BCUT2D eigenvalue weighted by molar-refractivity contribution is -0.114. The lowest BCUT2D eigenvalue weighted by atomic mass is 10.4. The second-order valence-electron chi connectivity index (χ2n) is 3.87. The zero-order valence-electron chi connectivity index (χ0n) is 10.0. The molecule has 0 fully saturated rings. The number of anilines is 1. The maximum Gasteiger partial charge on any atom is 0.327 e. The molecule has 0 saturated heterocycles. The molecule has 0 aliphatic carbocycles. The van der Waals surface area contributed by atoms with E-state index in [0.29, 0.717) is 6.54 Å². The Hall–Kier alpha value is -2.38. The first-order valence-electron chi connectivity index (χ1n) is 5.53. The normalized spacial score (nSPS) is 10.8. The molecular formula is C10H13N5O3. The molecule has 1 amide bonds. The van der Waals surface area contributed by atoms with Crippen LogP contribution in [0.15, 0.2) is 9.59 Å². The molecule has 2 heterocycles. The van der Waals surface area contributed by atoms with Gasteiger partial charge >= 0.3 is 5.69 Å². The highest BCUT2D eigenvalue weighted by molar-refractivity contribution is 5.87. The molecule has 8 nitrogen and oxygen atoms in total. The van der Waals surface area contributed by atoms with Crippen LogP contribution >= 0.6 is 0 Å². The first-order chi connectivity index (χ1) is 8.52. The third-order valence-electron chi connectivity index (χ3n) is 2.38. The molecular weight excluding hydrogens is 238 g/mol. The van der Waals surface area contributed by atoms with Crippen molar-refractivity contribution in [1.29, 1.82) is 0 Å². The Morgan fingerprint density at radius 2 is 2.11 bits per heavy atom. The van der Waals surface area contributed by atoms with E-state index >= 15 is 0 Å². The average Bonchev–Trinajstić information content (AvgIpc) is 2.55. The second-order valence-corrected chi connectivity index (χ2v) is 3.87. The Kier molecular flexibility index (Phi) is 3.00. The Labute approximate surface area is 101 Å². The van der Waals surface area contributed by atoms with Gasteiger partial charge in [0.1, 0.15) is 0 Å². The highest BCUT2D eigenvalue weighted by Gasteiger charge is 2.12. The zero-order chi connectivity index (χ0) is 13.3. The Morgan fingerprint density at radius 3 is 2.72 bits per heavy atom. The van der Waals surface area contributed by atoms with Crippen molar-refractivity contribution in [3.8, 4) is 0 Å². The molecule has 0 radical (unpaired) electrons. The molecule has 0 aliphatic heterocycles. The summed E-state index contributed by atoms with van der Waals surface area (Å²) in [5.74, 6) is -0.335. The van der Waals surface area contributed by atoms with Gasteiger partial charge in [-0.1, -0.05) is 6.92 Å². The molecule has 0 aromatic carbocycles. The number of aromatic amines is 2. The summed E-state index contributed by atoms with van der Waals surface area (Å²) in [4.78, 5) is 43.3. The summed E-state index contributed by atoms with van der Waals surface area (Å²) in [7, 11) is 0. The number of carbonyl (C=O) groups is 1. The number of aromatic nitrogens is 4. The summed E-state index contributed by atoms with van der Waals surface area (Å²) in [6.45, 7) is 3.64. The number of imidazole rings is 1. The van der Waals surface area contributed by atoms with E-state index in [-0.39, 0.29) is 28.7 Å². The first kappa shape index (κ1) is 12.1. The van der Waals surface area contributed by atoms with Gasteiger partial charge in [0.25, 0.3) is 5.56 Å². The van der Waals surface area contributed by atoms with Gasteiger partial charge in [0.2, 0.25) is 11.9 Å². The Morgan fingerprint density at radius 1 is 1.39 bits per heavy atom. The molecule has 3 N–H and O–H groups in total. The van der Waals surface area contributed by atoms with Crippen molar-refractivity contribution in [2.45, 2.75) is 26.8 Å². The topological polar surface area (TPSA) is 113 Å². The second kappa shape index (κ2) is 4.47. The van der Waals surface area contributed by atoms with Crippen molar-refractivity contribution >= 4 is 23.0 Å². The van der Waals surface area contributed by atoms with Crippen LogP contribution in [0.2, 0.25) is 0 Å². The average molecular weight is 251 g/mol. The summed E-state index contributed by atoms with van der Waals surface area (Å²) in [5, 5.41) is 2.36. The summed E-state index contributed by atoms with van der Waals surface area (Å²) < 4.78 is 1.33. The van der Waals surface area contributed by atoms with Gasteiger partial charge in [-0.05, 0) is 6.42 Å². The molecule has 0 aliphatic rings. The van der Waals surface area contributed by atoms with Gasteiger partial charge in [-0.2, -0.15) is 4.98 Å². The number of hydrogen-bond donors (Lipinski definition) is 3. The van der Waals surface area contributed by atoms with Gasteiger partial charge in [0, 0.05) is 13.5 Å². The number of nitrogens with one attached hydrogen (secondary N) is 3. The predicted molar refractivity (Wildman–Crippen MR) is 65.6 cm³/mol. The van der Waals surface area contributed by atoms with Crippen molar-refractivity contribution in [1.82, 2.24) is 19.5 Å². The van der Waals surface area contributed by atoms with E-state index in [4.69, 9.17) is 0 Å². The maximum atomic E-state index is 11.9. The maximum absolute atomic E-state index is 11.9. The highest BCUT2D eigenvalue weighted by atomic mass is 16.2. The van der Waals surface area contributed by atoms with Crippen LogP contribution in [-0.4, -0.2) is 25.4 Å². The summed E-state index contributed by atoms with van der Waals surface area (Å²) in [6, 6.07) is 0. The molecule has 0 bridgehead atoms. The van der Waals surface area contributed by atoms with E-state index in [1.165, 1.54) is 11.5 Å². The monoisotopic (exact) mass is 251 g/mol. The lowest BCUT2D eigenvalue weighted by Crippen LogP contribution is -2.21. The van der Waals surface area contributed by atoms with E-state index in [2.05, 4.69) is 20.3 Å². The van der Waals surface area contributed by atoms with Crippen molar-refractivity contribution in [3.05, 3.63) is 20.8 Å². The van der Waals surface area contributed by atoms with Crippen LogP contribution in [0.25, 0.3) is 11.2 Å². The molecule has 0 spiro atoms. The fraction of sp³-hybridized carbons (Fsp3) is 0.400. The van der Waals surface area contributed by atoms with Crippen LogP contribution in [0.4, 0.5) is 5.95 Å². The smallest absolute Gasteiger partial charge is 0.296 e. The number of fused-ring (bicyclic) bond motifs is 1. The first-order valence-corrected chi connectivity index (χ1v) is 5.53. The third-order valence-corrected chi connectivity index (χ3v) is 2.38. The standard InChI is InChI=1S/C10H13N5O3/c1-3-4-15-6-7(13-10(15)18)12-9(11-5(2)16)14-8(6)17/h3-4H2,1-2H3,(H3,11,12,13,14,16,17,18). The molecule has 18 heavy (non-hydrogen) atoms. The van der Waals surface area contributed by atoms with Crippen molar-refractivity contribution < 1.29 is 4.79 Å². The molecule has 8 heteroatoms. The largest absolute Gasteiger partial charge is 0.327 e. The fourth-order valence-corrected chi connectivity index (χ4v) is 1.74. The van der Waals surface area contributed by atoms with Crippen LogP contribution < -0.4 is 16.6 Å². The fourth-order valence-electron chi connectivity index (χ4n) is 1.74. The number of H-pyrrole nitrogens is 2. The van der Waals surface area contributed by atoms with E-state index in [1.807, 2.05) is 6.92 Å². The van der Waals surface area contributed by atoms with Crippen LogP contribution in [0.5, 0.6) is 0 Å². The van der Waals surface area contributed by atoms with Gasteiger partial charge in [-0.15, -0.1) is 0 Å². The molecule has 96 valence electrons. The van der Waals surface area contributed by atoms with Crippen LogP contribution in [0.3, 0.4) is 0 Å². The summed E-state index contributed by atoms with van der Waals surface area (Å²) in [6.07, 6.45) is 0.722. The third kappa shape index (κ3) is 2.04. The predicted octanol–water partition coefficient (Wildman–Crippen LogP) is -0.219. The van der Waals surface area contributed by atoms with E-state index in [1.54, 1.807) is 0 Å². The van der Waals surface area contributed by atoms with Crippen LogP contribution in [0.1, 0.15) is 20.3 Å². The van der Waals surface area contributed by atoms with Crippen molar-refractivity contribution in [2.24, 2.45) is 0 Å². The minimum atomic E-state index is -0.462. The van der Waals surface area contributed by atoms with E-state index in [9.17, 15) is 14.4 Å². The number of rotatable bonds is 3. The number of hydrogen-bond acceptors (Lipinski definition) is 4. The van der Waals surface area contributed by atoms with Gasteiger partial charge < -0.3 is 0 Å². The SMILES string of the molecule is CCCn1c(=O)[nH]c2nc(NC(C)=O)[nH]c(=O)c21. The molecule has 0 unspecified atom stereocenters. The number of aryl methyl sites for hydroxylation is 1. The lowest BCUT2D eigenvalue weighted by Gasteiger charge is -2.01. The minimum Gasteiger partial charge on any atom is -0.296 e. The molecule has 0 atom stereocenters. The number of carbonyl (C=O) groups excluding carboxylic acids is 1. The van der Waals surface area contributed by atoms with E-state index in [0.717, 1.165) is 6.42 Å². The molecule has 2 aromatic heterocycles.